The number of hydrogen-bond acceptors (Lipinski definition) is 10. The van der Waals surface area contributed by atoms with Crippen molar-refractivity contribution >= 4 is 17.9 Å². The van der Waals surface area contributed by atoms with Crippen molar-refractivity contribution in [3.05, 3.63) is 0 Å². The Kier molecular flexibility index (Phi) is 19.6. The molecule has 33 heavy (non-hydrogen) atoms. The second-order valence-electron chi connectivity index (χ2n) is 7.55. The zero-order chi connectivity index (χ0) is 23.4. The molecule has 14 nitrogen and oxygen atoms in total. The fourth-order valence-corrected chi connectivity index (χ4v) is 3.53. The van der Waals surface area contributed by atoms with Gasteiger partial charge in [0, 0.05) is 92.3 Å². The third-order valence-electron chi connectivity index (χ3n) is 5.24. The van der Waals surface area contributed by atoms with Crippen LogP contribution >= 0.6 is 0 Å². The molecule has 196 valence electrons. The Balaban J connectivity index is 0. The number of nitrogens with zero attached hydrogens (tertiary/aromatic N) is 4. The molecule has 0 aromatic heterocycles. The van der Waals surface area contributed by atoms with Crippen LogP contribution in [0.3, 0.4) is 0 Å². The van der Waals surface area contributed by atoms with E-state index in [-0.39, 0.29) is 117 Å². The van der Waals surface area contributed by atoms with E-state index in [1.54, 1.807) is 19.6 Å². The van der Waals surface area contributed by atoms with E-state index in [1.807, 2.05) is 0 Å². The zero-order valence-corrected chi connectivity index (χ0v) is 20.7. The number of carbonyl (C=O) groups is 3. The Morgan fingerprint density at radius 3 is 1.18 bits per heavy atom. The second-order valence-corrected chi connectivity index (χ2v) is 7.55. The number of aliphatic carboxylic acids is 3. The summed E-state index contributed by atoms with van der Waals surface area (Å²) in [5.74, 6) is -3.10. The third kappa shape index (κ3) is 14.4. The molecular formula is C18H36GdN4O10. The topological polar surface area (TPSA) is 217 Å². The van der Waals surface area contributed by atoms with Crippen LogP contribution in [-0.2, 0) is 14.4 Å². The summed E-state index contributed by atoms with van der Waals surface area (Å²) in [4.78, 5) is 40.3. The molecular weight excluding hydrogens is 589 g/mol. The van der Waals surface area contributed by atoms with Crippen LogP contribution in [0.15, 0.2) is 0 Å². The summed E-state index contributed by atoms with van der Waals surface area (Å²) in [6.07, 6.45) is -1.22. The number of aliphatic hydroxyl groups excluding tert-OH is 3. The number of carboxylic acid groups (broad SMARTS) is 3. The van der Waals surface area contributed by atoms with Crippen LogP contribution in [0, 0.1) is 39.9 Å². The second kappa shape index (κ2) is 18.7. The first-order valence-electron chi connectivity index (χ1n) is 10.1. The number of carboxylic acids is 3. The molecule has 0 saturated carbocycles. The van der Waals surface area contributed by atoms with Gasteiger partial charge in [-0.3, -0.25) is 34.0 Å². The normalized spacial score (nSPS) is 19.7. The molecule has 0 bridgehead atoms. The van der Waals surface area contributed by atoms with Crippen LogP contribution in [0.2, 0.25) is 0 Å². The largest absolute Gasteiger partial charge is 0.480 e. The van der Waals surface area contributed by atoms with Gasteiger partial charge in [-0.15, -0.1) is 0 Å². The van der Waals surface area contributed by atoms with Crippen molar-refractivity contribution in [2.45, 2.75) is 12.1 Å². The molecule has 1 unspecified atom stereocenters. The Hall–Kier alpha value is -0.585. The Bertz CT molecular complexity index is 556. The number of aliphatic hydroxyl groups is 3. The van der Waals surface area contributed by atoms with Gasteiger partial charge in [-0.1, -0.05) is 0 Å². The Morgan fingerprint density at radius 1 is 0.636 bits per heavy atom. The third-order valence-corrected chi connectivity index (χ3v) is 5.24. The van der Waals surface area contributed by atoms with Crippen LogP contribution in [0.1, 0.15) is 0 Å². The average Bonchev–Trinajstić information content (AvgIpc) is 2.68. The quantitative estimate of drug-likeness (QED) is 0.135. The van der Waals surface area contributed by atoms with E-state index in [0.717, 1.165) is 0 Å². The van der Waals surface area contributed by atoms with Crippen molar-refractivity contribution in [3.63, 3.8) is 0 Å². The number of hydrogen-bond donors (Lipinski definition) is 6. The minimum Gasteiger partial charge on any atom is -0.480 e. The smallest absolute Gasteiger partial charge is 0.317 e. The minimum absolute atomic E-state index is 0. The van der Waals surface area contributed by atoms with E-state index in [1.165, 1.54) is 0 Å². The van der Waals surface area contributed by atoms with Crippen molar-refractivity contribution in [1.82, 2.24) is 19.6 Å². The Labute approximate surface area is 224 Å². The first-order chi connectivity index (χ1) is 14.7. The van der Waals surface area contributed by atoms with Gasteiger partial charge in [0.2, 0.25) is 0 Å². The average molecular weight is 626 g/mol. The van der Waals surface area contributed by atoms with Crippen LogP contribution in [0.4, 0.5) is 0 Å². The molecule has 0 aromatic rings. The predicted molar refractivity (Wildman–Crippen MR) is 111 cm³/mol. The van der Waals surface area contributed by atoms with E-state index in [0.29, 0.717) is 0 Å². The molecule has 2 atom stereocenters. The molecule has 1 fully saturated rings. The first-order valence-corrected chi connectivity index (χ1v) is 10.1. The van der Waals surface area contributed by atoms with Gasteiger partial charge in [-0.25, -0.2) is 0 Å². The fourth-order valence-electron chi connectivity index (χ4n) is 3.53. The minimum atomic E-state index is -1.22. The van der Waals surface area contributed by atoms with Crippen molar-refractivity contribution in [3.8, 4) is 0 Å². The molecule has 1 heterocycles. The standard InChI is InChI=1S/C18H34N4O9.Gd.H2O/c23-12-14(15(25)13-24)22-7-5-20(10-17(28)29)3-1-19(9-16(26)27)2-4-21(6-8-22)11-18(30)31;;/h14-15,23-25H,1-13H2,(H,26,27)(H,28,29)(H,30,31);;1H2/t14?,15-;;/m0../s1. The predicted octanol–water partition coefficient (Wildman–Crippen LogP) is -4.65. The molecule has 1 saturated heterocycles. The van der Waals surface area contributed by atoms with Crippen molar-refractivity contribution in [1.29, 1.82) is 0 Å². The first kappa shape index (κ1) is 34.6. The fraction of sp³-hybridized carbons (Fsp3) is 0.833. The molecule has 15 heteroatoms. The molecule has 1 rings (SSSR count). The van der Waals surface area contributed by atoms with E-state index in [9.17, 15) is 39.9 Å². The molecule has 0 spiro atoms. The summed E-state index contributed by atoms with van der Waals surface area (Å²) in [5, 5.41) is 56.6. The van der Waals surface area contributed by atoms with Crippen molar-refractivity contribution in [2.75, 3.05) is 85.2 Å². The summed E-state index contributed by atoms with van der Waals surface area (Å²) >= 11 is 0. The maximum Gasteiger partial charge on any atom is 0.317 e. The molecule has 0 amide bonds. The van der Waals surface area contributed by atoms with Gasteiger partial charge < -0.3 is 36.1 Å². The monoisotopic (exact) mass is 626 g/mol. The summed E-state index contributed by atoms with van der Waals surface area (Å²) in [7, 11) is 0. The van der Waals surface area contributed by atoms with Crippen LogP contribution in [0.5, 0.6) is 0 Å². The van der Waals surface area contributed by atoms with Crippen molar-refractivity contribution in [2.24, 2.45) is 0 Å². The van der Waals surface area contributed by atoms with Gasteiger partial charge >= 0.3 is 17.9 Å². The molecule has 0 aliphatic carbocycles. The molecule has 0 aromatic carbocycles. The zero-order valence-electron chi connectivity index (χ0n) is 18.4. The molecule has 8 N–H and O–H groups in total. The van der Waals surface area contributed by atoms with Crippen LogP contribution in [0.25, 0.3) is 0 Å². The van der Waals surface area contributed by atoms with Gasteiger partial charge in [0.1, 0.15) is 0 Å². The summed E-state index contributed by atoms with van der Waals surface area (Å²) < 4.78 is 0. The molecule has 0 radical (unpaired) electrons. The van der Waals surface area contributed by atoms with Gasteiger partial charge in [-0.05, 0) is 0 Å². The Morgan fingerprint density at radius 2 is 0.939 bits per heavy atom. The van der Waals surface area contributed by atoms with E-state index in [2.05, 4.69) is 0 Å². The van der Waals surface area contributed by atoms with Gasteiger partial charge in [-0.2, -0.15) is 0 Å². The summed E-state index contributed by atoms with van der Waals surface area (Å²) in [5.41, 5.74) is 0. The van der Waals surface area contributed by atoms with Crippen LogP contribution in [-0.4, -0.2) is 171 Å². The van der Waals surface area contributed by atoms with Crippen molar-refractivity contribution < 1.29 is 90.4 Å². The van der Waals surface area contributed by atoms with E-state index < -0.39 is 43.3 Å². The summed E-state index contributed by atoms with van der Waals surface area (Å²) in [6.45, 7) is 0.396. The molecule has 1 aliphatic heterocycles. The van der Waals surface area contributed by atoms with E-state index >= 15 is 0 Å². The van der Waals surface area contributed by atoms with Gasteiger partial charge in [0.25, 0.3) is 0 Å². The van der Waals surface area contributed by atoms with Crippen LogP contribution < -0.4 is 0 Å². The number of rotatable bonds is 10. The SMILES string of the molecule is O.O=C(O)CN1CCN(CC(=O)O)CCN(C(CO)[C@@H](O)CO)CCN(CC(=O)O)CC1.[Gd]. The van der Waals surface area contributed by atoms with E-state index in [4.69, 9.17) is 5.11 Å². The van der Waals surface area contributed by atoms with Gasteiger partial charge in [0.05, 0.1) is 45.0 Å². The summed E-state index contributed by atoms with van der Waals surface area (Å²) in [6, 6.07) is -0.796. The maximum atomic E-state index is 11.2. The maximum absolute atomic E-state index is 11.2. The van der Waals surface area contributed by atoms with Gasteiger partial charge in [0.15, 0.2) is 0 Å². The molecule has 1 aliphatic rings.